The fraction of sp³-hybridized carbons (Fsp3) is 0.174. The summed E-state index contributed by atoms with van der Waals surface area (Å²) in [6.07, 6.45) is 1.12. The summed E-state index contributed by atoms with van der Waals surface area (Å²) in [5.41, 5.74) is 0.770. The van der Waals surface area contributed by atoms with E-state index in [9.17, 15) is 14.4 Å². The van der Waals surface area contributed by atoms with Crippen molar-refractivity contribution in [3.05, 3.63) is 78.9 Å². The van der Waals surface area contributed by atoms with Crippen LogP contribution >= 0.6 is 0 Å². The summed E-state index contributed by atoms with van der Waals surface area (Å²) in [6.45, 7) is 6.86. The fourth-order valence-electron chi connectivity index (χ4n) is 2.59. The average Bonchev–Trinajstić information content (AvgIpc) is 3.11. The molecular weight excluding hydrogens is 404 g/mol. The third-order valence-electron chi connectivity index (χ3n) is 4.19. The third-order valence-corrected chi connectivity index (χ3v) is 4.19. The molecule has 1 aliphatic rings. The molecule has 0 aliphatic carbocycles. The van der Waals surface area contributed by atoms with Crippen molar-refractivity contribution in [3.63, 3.8) is 0 Å². The van der Waals surface area contributed by atoms with Crippen LogP contribution in [0.1, 0.15) is 16.8 Å². The first-order valence-electron chi connectivity index (χ1n) is 9.30. The Morgan fingerprint density at radius 2 is 1.61 bits per heavy atom. The molecule has 1 atom stereocenters. The standard InChI is InChI=1S/C23H20O8/c1-3-21(24)29-14-28-18-8-10-19(11-9-18)30-23(26)16-4-6-17(7-5-16)27-13-20-12-15(2)22(25)31-20/h3-11,20H,1-2,12-14H2. The van der Waals surface area contributed by atoms with Crippen LogP contribution in [-0.4, -0.2) is 37.4 Å². The molecule has 0 N–H and O–H groups in total. The van der Waals surface area contributed by atoms with Crippen molar-refractivity contribution >= 4 is 17.9 Å². The van der Waals surface area contributed by atoms with Gasteiger partial charge in [0.25, 0.3) is 0 Å². The molecule has 0 saturated carbocycles. The van der Waals surface area contributed by atoms with Gasteiger partial charge in [0, 0.05) is 18.1 Å². The minimum atomic E-state index is -0.588. The van der Waals surface area contributed by atoms with Gasteiger partial charge in [-0.15, -0.1) is 0 Å². The molecule has 1 saturated heterocycles. The molecule has 0 radical (unpaired) electrons. The number of hydrogen-bond acceptors (Lipinski definition) is 8. The summed E-state index contributed by atoms with van der Waals surface area (Å²) < 4.78 is 25.9. The topological polar surface area (TPSA) is 97.4 Å². The highest BCUT2D eigenvalue weighted by atomic mass is 16.7. The summed E-state index contributed by atoms with van der Waals surface area (Å²) in [5, 5.41) is 0. The first-order chi connectivity index (χ1) is 14.9. The van der Waals surface area contributed by atoms with Gasteiger partial charge in [-0.1, -0.05) is 13.2 Å². The Hall–Kier alpha value is -4.07. The Morgan fingerprint density at radius 3 is 2.23 bits per heavy atom. The zero-order valence-electron chi connectivity index (χ0n) is 16.6. The Kier molecular flexibility index (Phi) is 7.05. The van der Waals surface area contributed by atoms with E-state index in [1.807, 2.05) is 0 Å². The highest BCUT2D eigenvalue weighted by molar-refractivity contribution is 5.91. The van der Waals surface area contributed by atoms with Crippen LogP contribution in [0, 0.1) is 0 Å². The summed E-state index contributed by atoms with van der Waals surface area (Å²) in [7, 11) is 0. The lowest BCUT2D eigenvalue weighted by Gasteiger charge is -2.11. The molecule has 8 heteroatoms. The molecule has 31 heavy (non-hydrogen) atoms. The quantitative estimate of drug-likeness (QED) is 0.262. The van der Waals surface area contributed by atoms with E-state index in [-0.39, 0.29) is 19.5 Å². The number of cyclic esters (lactones) is 1. The van der Waals surface area contributed by atoms with Gasteiger partial charge in [0.1, 0.15) is 30.0 Å². The number of carbonyl (C=O) groups is 3. The van der Waals surface area contributed by atoms with Crippen LogP contribution in [0.15, 0.2) is 73.3 Å². The van der Waals surface area contributed by atoms with Crippen LogP contribution in [0.5, 0.6) is 17.2 Å². The monoisotopic (exact) mass is 424 g/mol. The third kappa shape index (κ3) is 6.20. The number of ether oxygens (including phenoxy) is 5. The highest BCUT2D eigenvalue weighted by Crippen LogP contribution is 2.22. The molecule has 0 aromatic heterocycles. The van der Waals surface area contributed by atoms with Crippen LogP contribution in [0.3, 0.4) is 0 Å². The Morgan fingerprint density at radius 1 is 1.00 bits per heavy atom. The van der Waals surface area contributed by atoms with Gasteiger partial charge in [-0.2, -0.15) is 0 Å². The van der Waals surface area contributed by atoms with E-state index in [1.54, 1.807) is 48.5 Å². The molecule has 0 amide bonds. The van der Waals surface area contributed by atoms with Crippen LogP contribution in [0.4, 0.5) is 0 Å². The van der Waals surface area contributed by atoms with Crippen LogP contribution in [-0.2, 0) is 19.1 Å². The molecule has 2 aromatic carbocycles. The van der Waals surface area contributed by atoms with E-state index in [4.69, 9.17) is 23.7 Å². The molecular formula is C23H20O8. The molecule has 160 valence electrons. The first kappa shape index (κ1) is 21.6. The predicted molar refractivity (Wildman–Crippen MR) is 109 cm³/mol. The maximum atomic E-state index is 12.3. The highest BCUT2D eigenvalue weighted by Gasteiger charge is 2.27. The Balaban J connectivity index is 1.46. The van der Waals surface area contributed by atoms with E-state index in [0.29, 0.717) is 34.8 Å². The molecule has 1 unspecified atom stereocenters. The van der Waals surface area contributed by atoms with Crippen molar-refractivity contribution in [1.29, 1.82) is 0 Å². The number of rotatable bonds is 9. The van der Waals surface area contributed by atoms with E-state index in [1.165, 1.54) is 0 Å². The van der Waals surface area contributed by atoms with Gasteiger partial charge >= 0.3 is 17.9 Å². The minimum Gasteiger partial charge on any atom is -0.490 e. The zero-order valence-corrected chi connectivity index (χ0v) is 16.6. The van der Waals surface area contributed by atoms with E-state index >= 15 is 0 Å². The van der Waals surface area contributed by atoms with Crippen LogP contribution in [0.25, 0.3) is 0 Å². The first-order valence-corrected chi connectivity index (χ1v) is 9.30. The second kappa shape index (κ2) is 10.1. The van der Waals surface area contributed by atoms with Crippen molar-refractivity contribution in [1.82, 2.24) is 0 Å². The molecule has 0 bridgehead atoms. The lowest BCUT2D eigenvalue weighted by atomic mass is 10.2. The fourth-order valence-corrected chi connectivity index (χ4v) is 2.59. The maximum absolute atomic E-state index is 12.3. The molecule has 3 rings (SSSR count). The van der Waals surface area contributed by atoms with Crippen molar-refractivity contribution in [3.8, 4) is 17.2 Å². The molecule has 1 fully saturated rings. The molecule has 0 spiro atoms. The minimum absolute atomic E-state index is 0.204. The maximum Gasteiger partial charge on any atom is 0.343 e. The zero-order chi connectivity index (χ0) is 22.2. The second-order valence-electron chi connectivity index (χ2n) is 6.46. The van der Waals surface area contributed by atoms with Gasteiger partial charge < -0.3 is 23.7 Å². The lowest BCUT2D eigenvalue weighted by Crippen LogP contribution is -2.17. The number of esters is 3. The van der Waals surface area contributed by atoms with E-state index in [0.717, 1.165) is 6.08 Å². The molecule has 1 aliphatic heterocycles. The molecule has 2 aromatic rings. The van der Waals surface area contributed by atoms with Gasteiger partial charge in [-0.05, 0) is 48.5 Å². The van der Waals surface area contributed by atoms with Crippen molar-refractivity contribution < 1.29 is 38.1 Å². The Labute approximate surface area is 178 Å². The normalized spacial score (nSPS) is 15.0. The van der Waals surface area contributed by atoms with Crippen molar-refractivity contribution in [2.45, 2.75) is 12.5 Å². The average molecular weight is 424 g/mol. The number of carbonyl (C=O) groups excluding carboxylic acids is 3. The summed E-state index contributed by atoms with van der Waals surface area (Å²) in [5.74, 6) is -0.235. The van der Waals surface area contributed by atoms with Crippen LogP contribution in [0.2, 0.25) is 0 Å². The SMILES string of the molecule is C=CC(=O)OCOc1ccc(OC(=O)c2ccc(OCC3CC(=C)C(=O)O3)cc2)cc1. The van der Waals surface area contributed by atoms with Gasteiger partial charge in [0.15, 0.2) is 0 Å². The summed E-state index contributed by atoms with van der Waals surface area (Å²) >= 11 is 0. The van der Waals surface area contributed by atoms with Gasteiger partial charge in [-0.25, -0.2) is 14.4 Å². The lowest BCUT2D eigenvalue weighted by molar-refractivity contribution is -0.144. The van der Waals surface area contributed by atoms with Crippen LogP contribution < -0.4 is 14.2 Å². The van der Waals surface area contributed by atoms with Crippen molar-refractivity contribution in [2.24, 2.45) is 0 Å². The summed E-state index contributed by atoms with van der Waals surface area (Å²) in [6, 6.07) is 12.7. The predicted octanol–water partition coefficient (Wildman–Crippen LogP) is 3.22. The van der Waals surface area contributed by atoms with E-state index in [2.05, 4.69) is 13.2 Å². The van der Waals surface area contributed by atoms with Crippen molar-refractivity contribution in [2.75, 3.05) is 13.4 Å². The smallest absolute Gasteiger partial charge is 0.343 e. The Bertz CT molecular complexity index is 960. The second-order valence-corrected chi connectivity index (χ2v) is 6.46. The van der Waals surface area contributed by atoms with Gasteiger partial charge in [0.05, 0.1) is 5.56 Å². The molecule has 1 heterocycles. The van der Waals surface area contributed by atoms with Gasteiger partial charge in [-0.3, -0.25) is 0 Å². The largest absolute Gasteiger partial charge is 0.490 e. The molecule has 8 nitrogen and oxygen atoms in total. The van der Waals surface area contributed by atoms with E-state index < -0.39 is 17.9 Å². The number of benzene rings is 2. The summed E-state index contributed by atoms with van der Waals surface area (Å²) in [4.78, 5) is 34.6. The van der Waals surface area contributed by atoms with Gasteiger partial charge in [0.2, 0.25) is 6.79 Å². The number of hydrogen-bond donors (Lipinski definition) is 0.